The summed E-state index contributed by atoms with van der Waals surface area (Å²) in [5.74, 6) is -1.67. The number of aromatic carboxylic acids is 1. The van der Waals surface area contributed by atoms with Gasteiger partial charge in [-0.1, -0.05) is 11.6 Å². The summed E-state index contributed by atoms with van der Waals surface area (Å²) in [6.45, 7) is 0. The predicted octanol–water partition coefficient (Wildman–Crippen LogP) is 1.54. The summed E-state index contributed by atoms with van der Waals surface area (Å²) in [5, 5.41) is 9.08. The summed E-state index contributed by atoms with van der Waals surface area (Å²) in [5.41, 5.74) is 5.44. The average Bonchev–Trinajstić information content (AvgIpc) is 2.16. The SMILES string of the molecule is NC(=O)C=Cc1cc(C(=O)O)ccc1Cl. The molecule has 15 heavy (non-hydrogen) atoms. The van der Waals surface area contributed by atoms with E-state index in [0.29, 0.717) is 10.6 Å². The van der Waals surface area contributed by atoms with E-state index in [9.17, 15) is 9.59 Å². The Morgan fingerprint density at radius 3 is 2.60 bits per heavy atom. The van der Waals surface area contributed by atoms with Crippen LogP contribution in [0.3, 0.4) is 0 Å². The zero-order valence-electron chi connectivity index (χ0n) is 7.61. The highest BCUT2D eigenvalue weighted by Crippen LogP contribution is 2.19. The highest BCUT2D eigenvalue weighted by molar-refractivity contribution is 6.32. The summed E-state index contributed by atoms with van der Waals surface area (Å²) in [7, 11) is 0. The number of primary amides is 1. The molecule has 0 spiro atoms. The molecule has 0 aromatic heterocycles. The number of halogens is 1. The number of amides is 1. The van der Waals surface area contributed by atoms with E-state index < -0.39 is 11.9 Å². The maximum Gasteiger partial charge on any atom is 0.335 e. The van der Waals surface area contributed by atoms with E-state index in [1.54, 1.807) is 0 Å². The lowest BCUT2D eigenvalue weighted by atomic mass is 10.1. The number of benzene rings is 1. The first-order chi connectivity index (χ1) is 7.00. The van der Waals surface area contributed by atoms with Crippen molar-refractivity contribution in [3.8, 4) is 0 Å². The molecule has 1 rings (SSSR count). The topological polar surface area (TPSA) is 80.4 Å². The second kappa shape index (κ2) is 4.61. The first-order valence-corrected chi connectivity index (χ1v) is 4.39. The van der Waals surface area contributed by atoms with Gasteiger partial charge in [0.15, 0.2) is 0 Å². The van der Waals surface area contributed by atoms with Crippen molar-refractivity contribution in [1.29, 1.82) is 0 Å². The summed E-state index contributed by atoms with van der Waals surface area (Å²) < 4.78 is 0. The minimum atomic E-state index is -1.06. The zero-order valence-corrected chi connectivity index (χ0v) is 8.36. The zero-order chi connectivity index (χ0) is 11.4. The van der Waals surface area contributed by atoms with Gasteiger partial charge in [0.05, 0.1) is 5.56 Å². The summed E-state index contributed by atoms with van der Waals surface area (Å²) in [4.78, 5) is 21.1. The van der Waals surface area contributed by atoms with Gasteiger partial charge in [-0.15, -0.1) is 0 Å². The van der Waals surface area contributed by atoms with Crippen molar-refractivity contribution < 1.29 is 14.7 Å². The minimum Gasteiger partial charge on any atom is -0.478 e. The van der Waals surface area contributed by atoms with Crippen molar-refractivity contribution in [2.24, 2.45) is 5.73 Å². The molecule has 0 saturated carbocycles. The molecule has 5 heteroatoms. The molecule has 1 aromatic rings. The molecule has 0 fully saturated rings. The van der Waals surface area contributed by atoms with Crippen LogP contribution >= 0.6 is 11.6 Å². The molecule has 0 atom stereocenters. The highest BCUT2D eigenvalue weighted by Gasteiger charge is 2.05. The quantitative estimate of drug-likeness (QED) is 0.766. The Hall–Kier alpha value is -1.81. The van der Waals surface area contributed by atoms with Crippen LogP contribution < -0.4 is 5.73 Å². The molecule has 78 valence electrons. The molecule has 0 aliphatic heterocycles. The van der Waals surface area contributed by atoms with Crippen LogP contribution in [0.25, 0.3) is 6.08 Å². The lowest BCUT2D eigenvalue weighted by Crippen LogP contribution is -2.05. The summed E-state index contributed by atoms with van der Waals surface area (Å²) in [6, 6.07) is 4.20. The third-order valence-electron chi connectivity index (χ3n) is 1.67. The molecule has 3 N–H and O–H groups in total. The maximum absolute atomic E-state index is 10.6. The van der Waals surface area contributed by atoms with Gasteiger partial charge in [-0.05, 0) is 29.8 Å². The van der Waals surface area contributed by atoms with Crippen LogP contribution in [-0.4, -0.2) is 17.0 Å². The molecule has 0 saturated heterocycles. The standard InChI is InChI=1S/C10H8ClNO3/c11-8-3-1-7(10(14)15)5-6(8)2-4-9(12)13/h1-5H,(H2,12,13)(H,14,15). The van der Waals surface area contributed by atoms with Gasteiger partial charge in [0.2, 0.25) is 5.91 Å². The first-order valence-electron chi connectivity index (χ1n) is 4.01. The van der Waals surface area contributed by atoms with Crippen molar-refractivity contribution in [2.45, 2.75) is 0 Å². The number of nitrogens with two attached hydrogens (primary N) is 1. The molecular formula is C10H8ClNO3. The van der Waals surface area contributed by atoms with E-state index in [1.165, 1.54) is 24.3 Å². The number of rotatable bonds is 3. The molecule has 0 unspecified atom stereocenters. The third-order valence-corrected chi connectivity index (χ3v) is 2.01. The van der Waals surface area contributed by atoms with Crippen LogP contribution in [0.15, 0.2) is 24.3 Å². The Morgan fingerprint density at radius 2 is 2.07 bits per heavy atom. The van der Waals surface area contributed by atoms with Crippen LogP contribution in [0.1, 0.15) is 15.9 Å². The van der Waals surface area contributed by atoms with Crippen molar-refractivity contribution in [2.75, 3.05) is 0 Å². The largest absolute Gasteiger partial charge is 0.478 e. The number of carboxylic acids is 1. The second-order valence-electron chi connectivity index (χ2n) is 2.78. The smallest absolute Gasteiger partial charge is 0.335 e. The van der Waals surface area contributed by atoms with Crippen molar-refractivity contribution in [3.63, 3.8) is 0 Å². The van der Waals surface area contributed by atoms with E-state index in [-0.39, 0.29) is 5.56 Å². The molecular weight excluding hydrogens is 218 g/mol. The van der Waals surface area contributed by atoms with Gasteiger partial charge in [0.25, 0.3) is 0 Å². The Bertz CT molecular complexity index is 440. The summed E-state index contributed by atoms with van der Waals surface area (Å²) >= 11 is 5.79. The van der Waals surface area contributed by atoms with Gasteiger partial charge in [-0.3, -0.25) is 4.79 Å². The number of hydrogen-bond donors (Lipinski definition) is 2. The molecule has 4 nitrogen and oxygen atoms in total. The Labute approximate surface area is 91.0 Å². The molecule has 0 bridgehead atoms. The van der Waals surface area contributed by atoms with E-state index in [0.717, 1.165) is 6.08 Å². The molecule has 0 heterocycles. The van der Waals surface area contributed by atoms with Crippen LogP contribution in [0.2, 0.25) is 5.02 Å². The lowest BCUT2D eigenvalue weighted by Gasteiger charge is -1.99. The van der Waals surface area contributed by atoms with Crippen molar-refractivity contribution in [3.05, 3.63) is 40.4 Å². The molecule has 0 aliphatic rings. The van der Waals surface area contributed by atoms with E-state index in [1.807, 2.05) is 0 Å². The highest BCUT2D eigenvalue weighted by atomic mass is 35.5. The fourth-order valence-corrected chi connectivity index (χ4v) is 1.16. The lowest BCUT2D eigenvalue weighted by molar-refractivity contribution is -0.113. The van der Waals surface area contributed by atoms with Crippen LogP contribution in [0, 0.1) is 0 Å². The first kappa shape index (κ1) is 11.3. The maximum atomic E-state index is 10.6. The number of hydrogen-bond acceptors (Lipinski definition) is 2. The average molecular weight is 226 g/mol. The molecule has 1 amide bonds. The second-order valence-corrected chi connectivity index (χ2v) is 3.18. The van der Waals surface area contributed by atoms with Crippen molar-refractivity contribution in [1.82, 2.24) is 0 Å². The van der Waals surface area contributed by atoms with E-state index in [4.69, 9.17) is 22.4 Å². The van der Waals surface area contributed by atoms with E-state index >= 15 is 0 Å². The van der Waals surface area contributed by atoms with Gasteiger partial charge in [0, 0.05) is 11.1 Å². The van der Waals surface area contributed by atoms with Gasteiger partial charge < -0.3 is 10.8 Å². The fourth-order valence-electron chi connectivity index (χ4n) is 0.976. The van der Waals surface area contributed by atoms with Crippen molar-refractivity contribution >= 4 is 29.6 Å². The predicted molar refractivity (Wildman–Crippen MR) is 56.6 cm³/mol. The van der Waals surface area contributed by atoms with Gasteiger partial charge in [0.1, 0.15) is 0 Å². The van der Waals surface area contributed by atoms with Gasteiger partial charge in [-0.2, -0.15) is 0 Å². The summed E-state index contributed by atoms with van der Waals surface area (Å²) in [6.07, 6.45) is 2.49. The monoisotopic (exact) mass is 225 g/mol. The fraction of sp³-hybridized carbons (Fsp3) is 0. The Kier molecular flexibility index (Phi) is 3.46. The Balaban J connectivity index is 3.11. The Morgan fingerprint density at radius 1 is 1.40 bits per heavy atom. The normalized spacial score (nSPS) is 10.5. The van der Waals surface area contributed by atoms with E-state index in [2.05, 4.69) is 0 Å². The third kappa shape index (κ3) is 3.11. The van der Waals surface area contributed by atoms with Crippen LogP contribution in [0.4, 0.5) is 0 Å². The molecule has 0 radical (unpaired) electrons. The molecule has 0 aliphatic carbocycles. The minimum absolute atomic E-state index is 0.100. The molecule has 1 aromatic carbocycles. The van der Waals surface area contributed by atoms with Gasteiger partial charge in [-0.25, -0.2) is 4.79 Å². The number of carbonyl (C=O) groups excluding carboxylic acids is 1. The van der Waals surface area contributed by atoms with Crippen LogP contribution in [-0.2, 0) is 4.79 Å². The number of carbonyl (C=O) groups is 2. The number of carboxylic acid groups (broad SMARTS) is 1. The van der Waals surface area contributed by atoms with Crippen LogP contribution in [0.5, 0.6) is 0 Å². The van der Waals surface area contributed by atoms with Gasteiger partial charge >= 0.3 is 5.97 Å².